The van der Waals surface area contributed by atoms with Gasteiger partial charge in [-0.05, 0) is 32.9 Å². The molecular formula is C19H21N7. The third kappa shape index (κ3) is 2.34. The molecule has 1 aliphatic rings. The van der Waals surface area contributed by atoms with Crippen molar-refractivity contribution >= 4 is 28.0 Å². The summed E-state index contributed by atoms with van der Waals surface area (Å²) in [5.41, 5.74) is 2.87. The van der Waals surface area contributed by atoms with Crippen LogP contribution in [0.4, 0.5) is 5.95 Å². The van der Waals surface area contributed by atoms with E-state index in [0.29, 0.717) is 5.92 Å². The normalized spacial score (nSPS) is 15.7. The second kappa shape index (κ2) is 5.27. The highest BCUT2D eigenvalue weighted by molar-refractivity contribution is 5.77. The van der Waals surface area contributed by atoms with E-state index in [-0.39, 0.29) is 5.54 Å². The third-order valence-electron chi connectivity index (χ3n) is 4.89. The molecule has 4 aromatic rings. The molecule has 26 heavy (non-hydrogen) atoms. The largest absolute Gasteiger partial charge is 0.341 e. The van der Waals surface area contributed by atoms with E-state index in [2.05, 4.69) is 45.7 Å². The molecule has 1 N–H and O–H groups in total. The zero-order valence-corrected chi connectivity index (χ0v) is 15.1. The Labute approximate surface area is 151 Å². The second-order valence-corrected chi connectivity index (χ2v) is 7.91. The van der Waals surface area contributed by atoms with Gasteiger partial charge in [0.25, 0.3) is 0 Å². The Bertz CT molecular complexity index is 1060. The molecule has 0 amide bonds. The first-order valence-corrected chi connectivity index (χ1v) is 8.90. The average molecular weight is 347 g/mol. The zero-order valence-electron chi connectivity index (χ0n) is 15.1. The minimum atomic E-state index is -0.104. The molecule has 1 fully saturated rings. The molecule has 4 heterocycles. The van der Waals surface area contributed by atoms with Gasteiger partial charge >= 0.3 is 0 Å². The summed E-state index contributed by atoms with van der Waals surface area (Å²) in [6, 6.07) is 8.10. The monoisotopic (exact) mass is 347 g/mol. The minimum Gasteiger partial charge on any atom is -0.341 e. The van der Waals surface area contributed by atoms with E-state index in [9.17, 15) is 0 Å². The molecule has 1 saturated heterocycles. The standard InChI is InChI=1S/C19H21N7/c1-19(2,3)26-17-12(9-21-26)8-20-16(24-17)13-10-25(11-13)18-22-14-6-4-5-7-15(14)23-18/h4-9,13H,10-11H2,1-3H3,(H,22,23). The fourth-order valence-corrected chi connectivity index (χ4v) is 3.42. The van der Waals surface area contributed by atoms with E-state index in [4.69, 9.17) is 4.98 Å². The van der Waals surface area contributed by atoms with Crippen LogP contribution in [0.25, 0.3) is 22.1 Å². The average Bonchev–Trinajstić information content (AvgIpc) is 3.16. The van der Waals surface area contributed by atoms with E-state index in [1.54, 1.807) is 0 Å². The van der Waals surface area contributed by atoms with Crippen molar-refractivity contribution in [2.24, 2.45) is 0 Å². The van der Waals surface area contributed by atoms with Gasteiger partial charge in [-0.25, -0.2) is 19.6 Å². The van der Waals surface area contributed by atoms with Crippen molar-refractivity contribution in [3.8, 4) is 0 Å². The lowest BCUT2D eigenvalue weighted by molar-refractivity contribution is 0.365. The summed E-state index contributed by atoms with van der Waals surface area (Å²) >= 11 is 0. The number of rotatable bonds is 2. The van der Waals surface area contributed by atoms with Crippen LogP contribution in [0.3, 0.4) is 0 Å². The van der Waals surface area contributed by atoms with Gasteiger partial charge in [0.1, 0.15) is 5.82 Å². The van der Waals surface area contributed by atoms with Crippen molar-refractivity contribution in [1.29, 1.82) is 0 Å². The molecule has 3 aromatic heterocycles. The first kappa shape index (κ1) is 15.3. The second-order valence-electron chi connectivity index (χ2n) is 7.91. The van der Waals surface area contributed by atoms with Crippen molar-refractivity contribution in [2.75, 3.05) is 18.0 Å². The van der Waals surface area contributed by atoms with Crippen LogP contribution in [0.5, 0.6) is 0 Å². The van der Waals surface area contributed by atoms with Crippen LogP contribution in [0.2, 0.25) is 0 Å². The van der Waals surface area contributed by atoms with Crippen LogP contribution >= 0.6 is 0 Å². The van der Waals surface area contributed by atoms with Crippen molar-refractivity contribution in [3.05, 3.63) is 42.5 Å². The number of aromatic nitrogens is 6. The number of imidazole rings is 1. The molecule has 0 aliphatic carbocycles. The molecule has 7 heteroatoms. The first-order chi connectivity index (χ1) is 12.5. The Kier molecular flexibility index (Phi) is 3.10. The van der Waals surface area contributed by atoms with Gasteiger partial charge in [0.2, 0.25) is 5.95 Å². The summed E-state index contributed by atoms with van der Waals surface area (Å²) in [5, 5.41) is 5.47. The van der Waals surface area contributed by atoms with Crippen LogP contribution in [-0.2, 0) is 5.54 Å². The van der Waals surface area contributed by atoms with Crippen molar-refractivity contribution in [1.82, 2.24) is 29.7 Å². The van der Waals surface area contributed by atoms with Crippen LogP contribution in [0.15, 0.2) is 36.7 Å². The number of benzene rings is 1. The SMILES string of the molecule is CC(C)(C)n1ncc2cnc(C3CN(c4nc5ccccc5[nH]4)C3)nc21. The molecule has 7 nitrogen and oxygen atoms in total. The first-order valence-electron chi connectivity index (χ1n) is 8.90. The molecule has 5 rings (SSSR count). The molecule has 0 spiro atoms. The lowest BCUT2D eigenvalue weighted by atomic mass is 10.00. The molecule has 0 atom stereocenters. The highest BCUT2D eigenvalue weighted by Gasteiger charge is 2.33. The molecular weight excluding hydrogens is 326 g/mol. The molecule has 0 unspecified atom stereocenters. The lowest BCUT2D eigenvalue weighted by Crippen LogP contribution is -2.46. The van der Waals surface area contributed by atoms with Gasteiger partial charge < -0.3 is 9.88 Å². The Balaban J connectivity index is 1.40. The number of hydrogen-bond acceptors (Lipinski definition) is 5. The summed E-state index contributed by atoms with van der Waals surface area (Å²) in [6.45, 7) is 8.14. The number of H-pyrrole nitrogens is 1. The van der Waals surface area contributed by atoms with E-state index in [1.165, 1.54) is 0 Å². The van der Waals surface area contributed by atoms with E-state index in [0.717, 1.165) is 46.9 Å². The van der Waals surface area contributed by atoms with E-state index in [1.807, 2.05) is 41.3 Å². The molecule has 0 bridgehead atoms. The van der Waals surface area contributed by atoms with Crippen LogP contribution < -0.4 is 4.90 Å². The molecule has 0 radical (unpaired) electrons. The molecule has 1 aliphatic heterocycles. The Morgan fingerprint density at radius 1 is 1.08 bits per heavy atom. The Morgan fingerprint density at radius 3 is 2.65 bits per heavy atom. The van der Waals surface area contributed by atoms with Crippen LogP contribution in [0, 0.1) is 0 Å². The highest BCUT2D eigenvalue weighted by atomic mass is 15.3. The lowest BCUT2D eigenvalue weighted by Gasteiger charge is -2.38. The third-order valence-corrected chi connectivity index (χ3v) is 4.89. The summed E-state index contributed by atoms with van der Waals surface area (Å²) in [5.74, 6) is 2.12. The maximum Gasteiger partial charge on any atom is 0.203 e. The topological polar surface area (TPSA) is 75.5 Å². The van der Waals surface area contributed by atoms with Crippen molar-refractivity contribution < 1.29 is 0 Å². The quantitative estimate of drug-likeness (QED) is 0.603. The van der Waals surface area contributed by atoms with Gasteiger partial charge in [-0.3, -0.25) is 0 Å². The highest BCUT2D eigenvalue weighted by Crippen LogP contribution is 2.30. The predicted molar refractivity (Wildman–Crippen MR) is 101 cm³/mol. The molecule has 0 saturated carbocycles. The Morgan fingerprint density at radius 2 is 1.88 bits per heavy atom. The minimum absolute atomic E-state index is 0.104. The number of anilines is 1. The maximum atomic E-state index is 4.83. The molecule has 132 valence electrons. The summed E-state index contributed by atoms with van der Waals surface area (Å²) < 4.78 is 1.98. The van der Waals surface area contributed by atoms with Crippen LogP contribution in [-0.4, -0.2) is 42.8 Å². The Hall–Kier alpha value is -2.96. The van der Waals surface area contributed by atoms with E-state index < -0.39 is 0 Å². The predicted octanol–water partition coefficient (Wildman–Crippen LogP) is 3.06. The van der Waals surface area contributed by atoms with Gasteiger partial charge in [0, 0.05) is 19.3 Å². The number of aromatic amines is 1. The van der Waals surface area contributed by atoms with Gasteiger partial charge in [-0.2, -0.15) is 5.10 Å². The van der Waals surface area contributed by atoms with E-state index >= 15 is 0 Å². The van der Waals surface area contributed by atoms with Crippen molar-refractivity contribution in [3.63, 3.8) is 0 Å². The summed E-state index contributed by atoms with van der Waals surface area (Å²) in [6.07, 6.45) is 3.72. The smallest absolute Gasteiger partial charge is 0.203 e. The number of hydrogen-bond donors (Lipinski definition) is 1. The van der Waals surface area contributed by atoms with Crippen molar-refractivity contribution in [2.45, 2.75) is 32.2 Å². The fourth-order valence-electron chi connectivity index (χ4n) is 3.42. The maximum absolute atomic E-state index is 4.83. The zero-order chi connectivity index (χ0) is 17.9. The van der Waals surface area contributed by atoms with Gasteiger partial charge in [0.15, 0.2) is 5.65 Å². The van der Waals surface area contributed by atoms with Gasteiger partial charge in [-0.15, -0.1) is 0 Å². The number of fused-ring (bicyclic) bond motifs is 2. The van der Waals surface area contributed by atoms with Gasteiger partial charge in [-0.1, -0.05) is 12.1 Å². The van der Waals surface area contributed by atoms with Crippen LogP contribution in [0.1, 0.15) is 32.5 Å². The molecule has 1 aromatic carbocycles. The fraction of sp³-hybridized carbons (Fsp3) is 0.368. The number of nitrogens with zero attached hydrogens (tertiary/aromatic N) is 6. The number of para-hydroxylation sites is 2. The summed E-state index contributed by atoms with van der Waals surface area (Å²) in [7, 11) is 0. The van der Waals surface area contributed by atoms with Gasteiger partial charge in [0.05, 0.1) is 34.1 Å². The number of nitrogens with one attached hydrogen (secondary N) is 1. The summed E-state index contributed by atoms with van der Waals surface area (Å²) in [4.78, 5) is 19.7.